The van der Waals surface area contributed by atoms with Crippen molar-refractivity contribution in [2.45, 2.75) is 85.1 Å². The van der Waals surface area contributed by atoms with E-state index in [2.05, 4.69) is 43.4 Å². The molecule has 8 heteroatoms. The Hall–Kier alpha value is -3.39. The molecule has 3 N–H and O–H groups in total. The van der Waals surface area contributed by atoms with Crippen LogP contribution >= 0.6 is 0 Å². The molecule has 0 fully saturated rings. The molecule has 3 rings (SSSR count). The largest absolute Gasteiger partial charge is 0.507 e. The highest BCUT2D eigenvalue weighted by Crippen LogP contribution is 2.48. The van der Waals surface area contributed by atoms with Gasteiger partial charge in [-0.15, -0.1) is 11.7 Å². The third-order valence-electron chi connectivity index (χ3n) is 7.77. The number of phenols is 1. The quantitative estimate of drug-likeness (QED) is 0.177. The summed E-state index contributed by atoms with van der Waals surface area (Å²) in [5, 5.41) is 39.5. The maximum absolute atomic E-state index is 12.4. The van der Waals surface area contributed by atoms with E-state index in [1.165, 1.54) is 5.57 Å². The van der Waals surface area contributed by atoms with Gasteiger partial charge in [0.15, 0.2) is 0 Å². The maximum atomic E-state index is 12.4. The second-order valence-electron chi connectivity index (χ2n) is 11.8. The smallest absolute Gasteiger partial charge is 0.339 e. The number of aromatic hydroxyl groups is 1. The van der Waals surface area contributed by atoms with Crippen molar-refractivity contribution in [1.29, 1.82) is 0 Å². The van der Waals surface area contributed by atoms with Gasteiger partial charge in [-0.25, -0.2) is 9.48 Å². The van der Waals surface area contributed by atoms with Crippen LogP contribution in [0.25, 0.3) is 0 Å². The number of aliphatic hydroxyl groups excluding tert-OH is 1. The lowest BCUT2D eigenvalue weighted by molar-refractivity contribution is 0.0692. The summed E-state index contributed by atoms with van der Waals surface area (Å²) >= 11 is 0. The summed E-state index contributed by atoms with van der Waals surface area (Å²) in [6.45, 7) is 16.8. The van der Waals surface area contributed by atoms with E-state index < -0.39 is 5.97 Å². The van der Waals surface area contributed by atoms with E-state index in [4.69, 9.17) is 4.74 Å². The van der Waals surface area contributed by atoms with Crippen molar-refractivity contribution in [1.82, 2.24) is 15.0 Å². The summed E-state index contributed by atoms with van der Waals surface area (Å²) in [6, 6.07) is 1.75. The summed E-state index contributed by atoms with van der Waals surface area (Å²) in [5.74, 6) is -1.18. The minimum atomic E-state index is -1.16. The van der Waals surface area contributed by atoms with E-state index in [1.54, 1.807) is 16.8 Å². The standard InChI is InChI=1S/C32H45N3O5/c1-7-14-35-20-24(33-34-35)19-32(5,6)13-9-8-10-23-18-27(40-16-15-36)29(30(37)28(23)31(38)39)26-17-22(4)11-12-25(26)21(2)3/h7,17-18,20,25-26,36-37H,1-2,8-16,19H2,3-6H3,(H,38,39). The van der Waals surface area contributed by atoms with Gasteiger partial charge in [0.25, 0.3) is 0 Å². The third-order valence-corrected chi connectivity index (χ3v) is 7.77. The van der Waals surface area contributed by atoms with Crippen molar-refractivity contribution in [3.8, 4) is 11.5 Å². The minimum Gasteiger partial charge on any atom is -0.507 e. The zero-order valence-corrected chi connectivity index (χ0v) is 24.4. The molecule has 8 nitrogen and oxygen atoms in total. The molecule has 2 atom stereocenters. The number of benzene rings is 1. The molecule has 0 saturated heterocycles. The lowest BCUT2D eigenvalue weighted by Crippen LogP contribution is -2.20. The molecule has 0 radical (unpaired) electrons. The molecule has 0 aliphatic heterocycles. The number of ether oxygens (including phenoxy) is 1. The Morgan fingerprint density at radius 1 is 1.32 bits per heavy atom. The zero-order valence-electron chi connectivity index (χ0n) is 24.4. The normalized spacial score (nSPS) is 17.4. The van der Waals surface area contributed by atoms with Crippen molar-refractivity contribution < 1.29 is 24.9 Å². The maximum Gasteiger partial charge on any atom is 0.339 e. The first-order valence-corrected chi connectivity index (χ1v) is 14.2. The number of hydrogen-bond acceptors (Lipinski definition) is 6. The molecule has 2 aromatic rings. The van der Waals surface area contributed by atoms with Gasteiger partial charge in [0.1, 0.15) is 23.7 Å². The second kappa shape index (κ2) is 13.8. The Morgan fingerprint density at radius 3 is 2.73 bits per heavy atom. The summed E-state index contributed by atoms with van der Waals surface area (Å²) in [5.41, 5.74) is 4.03. The van der Waals surface area contributed by atoms with E-state index in [0.29, 0.717) is 29.8 Å². The van der Waals surface area contributed by atoms with Gasteiger partial charge in [0.2, 0.25) is 0 Å². The average Bonchev–Trinajstić information content (AvgIpc) is 3.30. The van der Waals surface area contributed by atoms with Crippen LogP contribution in [0.2, 0.25) is 0 Å². The minimum absolute atomic E-state index is 0.00516. The van der Waals surface area contributed by atoms with Crippen molar-refractivity contribution in [3.63, 3.8) is 0 Å². The van der Waals surface area contributed by atoms with Crippen LogP contribution in [-0.2, 0) is 19.4 Å². The van der Waals surface area contributed by atoms with Crippen LogP contribution in [0.5, 0.6) is 11.5 Å². The van der Waals surface area contributed by atoms with Crippen LogP contribution in [0.15, 0.2) is 48.7 Å². The lowest BCUT2D eigenvalue weighted by Gasteiger charge is -2.32. The van der Waals surface area contributed by atoms with E-state index in [1.807, 2.05) is 20.0 Å². The van der Waals surface area contributed by atoms with Gasteiger partial charge in [-0.1, -0.05) is 55.4 Å². The summed E-state index contributed by atoms with van der Waals surface area (Å²) in [4.78, 5) is 12.4. The number of aliphatic hydroxyl groups is 1. The Kier molecular flexibility index (Phi) is 10.7. The average molecular weight is 552 g/mol. The molecule has 218 valence electrons. The number of aromatic carboxylic acids is 1. The van der Waals surface area contributed by atoms with Gasteiger partial charge in [0.05, 0.1) is 18.8 Å². The number of rotatable bonds is 15. The van der Waals surface area contributed by atoms with Gasteiger partial charge >= 0.3 is 5.97 Å². The Labute approximate surface area is 238 Å². The van der Waals surface area contributed by atoms with Crippen molar-refractivity contribution in [2.75, 3.05) is 13.2 Å². The number of aryl methyl sites for hydroxylation is 1. The SMILES string of the molecule is C=CCn1cc(CC(C)(C)CCCCc2cc(OCCO)c(C3C=C(C)CCC3C(=C)C)c(O)c2C(=O)O)nn1. The van der Waals surface area contributed by atoms with Crippen LogP contribution in [-0.4, -0.2) is 49.5 Å². The zero-order chi connectivity index (χ0) is 29.4. The monoisotopic (exact) mass is 551 g/mol. The van der Waals surface area contributed by atoms with Crippen molar-refractivity contribution in [2.24, 2.45) is 11.3 Å². The molecule has 1 aromatic carbocycles. The second-order valence-corrected chi connectivity index (χ2v) is 11.8. The van der Waals surface area contributed by atoms with Crippen molar-refractivity contribution >= 4 is 5.97 Å². The van der Waals surface area contributed by atoms with E-state index >= 15 is 0 Å². The fraction of sp³-hybridized carbons (Fsp3) is 0.531. The molecular weight excluding hydrogens is 506 g/mol. The van der Waals surface area contributed by atoms with Crippen LogP contribution in [0.1, 0.15) is 92.9 Å². The first-order valence-electron chi connectivity index (χ1n) is 14.2. The van der Waals surface area contributed by atoms with Crippen LogP contribution < -0.4 is 4.74 Å². The molecule has 1 heterocycles. The molecule has 2 unspecified atom stereocenters. The number of carboxylic acid groups (broad SMARTS) is 1. The molecule has 1 aliphatic carbocycles. The van der Waals surface area contributed by atoms with Crippen LogP contribution in [0, 0.1) is 11.3 Å². The van der Waals surface area contributed by atoms with Gasteiger partial charge in [0, 0.05) is 17.7 Å². The molecule has 0 bridgehead atoms. The highest BCUT2D eigenvalue weighted by molar-refractivity contribution is 5.94. The molecule has 0 amide bonds. The summed E-state index contributed by atoms with van der Waals surface area (Å²) in [7, 11) is 0. The topological polar surface area (TPSA) is 118 Å². The predicted octanol–water partition coefficient (Wildman–Crippen LogP) is 6.24. The highest BCUT2D eigenvalue weighted by atomic mass is 16.5. The van der Waals surface area contributed by atoms with Crippen molar-refractivity contribution in [3.05, 3.63) is 71.1 Å². The molecule has 40 heavy (non-hydrogen) atoms. The number of aromatic nitrogens is 3. The summed E-state index contributed by atoms with van der Waals surface area (Å²) < 4.78 is 7.69. The Bertz CT molecular complexity index is 1240. The number of carbonyl (C=O) groups is 1. The number of unbranched alkanes of at least 4 members (excludes halogenated alkanes) is 1. The van der Waals surface area contributed by atoms with Gasteiger partial charge in [-0.3, -0.25) is 0 Å². The fourth-order valence-corrected chi connectivity index (χ4v) is 5.79. The van der Waals surface area contributed by atoms with Gasteiger partial charge in [-0.2, -0.15) is 0 Å². The van der Waals surface area contributed by atoms with Gasteiger partial charge < -0.3 is 20.1 Å². The lowest BCUT2D eigenvalue weighted by atomic mass is 9.73. The molecule has 0 saturated carbocycles. The van der Waals surface area contributed by atoms with E-state index in [9.17, 15) is 20.1 Å². The van der Waals surface area contributed by atoms with E-state index in [0.717, 1.165) is 49.8 Å². The Morgan fingerprint density at radius 2 is 2.08 bits per heavy atom. The van der Waals surface area contributed by atoms with Crippen LogP contribution in [0.4, 0.5) is 0 Å². The van der Waals surface area contributed by atoms with Crippen LogP contribution in [0.3, 0.4) is 0 Å². The van der Waals surface area contributed by atoms with Gasteiger partial charge in [-0.05, 0) is 75.3 Å². The number of allylic oxidation sites excluding steroid dienone is 4. The number of hydrogen-bond donors (Lipinski definition) is 3. The number of nitrogens with zero attached hydrogens (tertiary/aromatic N) is 3. The third kappa shape index (κ3) is 7.84. The first kappa shape index (κ1) is 31.1. The highest BCUT2D eigenvalue weighted by Gasteiger charge is 2.33. The molecular formula is C32H45N3O5. The first-order chi connectivity index (χ1) is 19.0. The summed E-state index contributed by atoms with van der Waals surface area (Å²) in [6.07, 6.45) is 11.4. The molecule has 1 aromatic heterocycles. The number of carboxylic acids is 1. The molecule has 0 spiro atoms. The predicted molar refractivity (Wildman–Crippen MR) is 157 cm³/mol. The fourth-order valence-electron chi connectivity index (χ4n) is 5.79. The molecule has 1 aliphatic rings. The Balaban J connectivity index is 1.83. The van der Waals surface area contributed by atoms with E-state index in [-0.39, 0.29) is 41.8 Å².